The zero-order chi connectivity index (χ0) is 27.4. The van der Waals surface area contributed by atoms with Gasteiger partial charge in [-0.15, -0.1) is 0 Å². The Morgan fingerprint density at radius 1 is 0.897 bits per heavy atom. The second kappa shape index (κ2) is 11.5. The molecule has 1 aliphatic heterocycles. The van der Waals surface area contributed by atoms with Gasteiger partial charge in [0.15, 0.2) is 0 Å². The lowest BCUT2D eigenvalue weighted by Gasteiger charge is -2.37. The van der Waals surface area contributed by atoms with Gasteiger partial charge < -0.3 is 24.4 Å². The van der Waals surface area contributed by atoms with Crippen LogP contribution in [0, 0.1) is 13.8 Å². The third kappa shape index (κ3) is 5.71. The van der Waals surface area contributed by atoms with Gasteiger partial charge in [0.05, 0.1) is 0 Å². The zero-order valence-corrected chi connectivity index (χ0v) is 22.6. The third-order valence-corrected chi connectivity index (χ3v) is 7.19. The Hall–Kier alpha value is -4.43. The van der Waals surface area contributed by atoms with Crippen LogP contribution in [0.1, 0.15) is 21.6 Å². The number of Topliss-reactive ketones (excluding diaryl/α,β-unsaturated/α-hetero) is 1. The molecular weight excluding hydrogens is 490 g/mol. The summed E-state index contributed by atoms with van der Waals surface area (Å²) in [7, 11) is 1.55. The van der Waals surface area contributed by atoms with Crippen LogP contribution in [-0.2, 0) is 16.3 Å². The molecule has 0 spiro atoms. The smallest absolute Gasteiger partial charge is 0.298 e. The lowest BCUT2D eigenvalue weighted by molar-refractivity contribution is -0.112. The summed E-state index contributed by atoms with van der Waals surface area (Å²) in [6.45, 7) is 7.87. The first-order valence-electron chi connectivity index (χ1n) is 13.1. The van der Waals surface area contributed by atoms with E-state index in [0.29, 0.717) is 16.9 Å². The van der Waals surface area contributed by atoms with Crippen molar-refractivity contribution in [2.45, 2.75) is 20.6 Å². The van der Waals surface area contributed by atoms with Crippen LogP contribution in [0.3, 0.4) is 0 Å². The fraction of sp³-hybridized carbons (Fsp3) is 0.258. The van der Waals surface area contributed by atoms with E-state index < -0.39 is 11.7 Å². The molecule has 2 aromatic carbocycles. The number of nitrogens with one attached hydrogen (secondary N) is 1. The van der Waals surface area contributed by atoms with Gasteiger partial charge in [0.1, 0.15) is 18.2 Å². The number of hydrogen-bond donors (Lipinski definition) is 1. The van der Waals surface area contributed by atoms with Crippen LogP contribution < -0.4 is 15.1 Å². The number of rotatable bonds is 8. The van der Waals surface area contributed by atoms with Gasteiger partial charge >= 0.3 is 0 Å². The molecule has 8 nitrogen and oxygen atoms in total. The van der Waals surface area contributed by atoms with E-state index in [1.165, 1.54) is 11.1 Å². The molecule has 0 atom stereocenters. The van der Waals surface area contributed by atoms with Gasteiger partial charge in [-0.25, -0.2) is 4.98 Å². The van der Waals surface area contributed by atoms with Crippen molar-refractivity contribution in [1.29, 1.82) is 0 Å². The lowest BCUT2D eigenvalue weighted by atomic mass is 10.0. The normalized spacial score (nSPS) is 13.4. The summed E-state index contributed by atoms with van der Waals surface area (Å²) in [5, 5.41) is 2.77. The van der Waals surface area contributed by atoms with Crippen molar-refractivity contribution >= 4 is 28.9 Å². The minimum atomic E-state index is -0.689. The molecule has 1 aliphatic rings. The largest absolute Gasteiger partial charge is 0.368 e. The summed E-state index contributed by atoms with van der Waals surface area (Å²) in [5.41, 5.74) is 5.95. The van der Waals surface area contributed by atoms with Crippen LogP contribution in [-0.4, -0.2) is 54.5 Å². The number of carbonyl (C=O) groups is 2. The van der Waals surface area contributed by atoms with E-state index in [9.17, 15) is 9.59 Å². The Morgan fingerprint density at radius 2 is 1.59 bits per heavy atom. The summed E-state index contributed by atoms with van der Waals surface area (Å²) in [6.07, 6.45) is 3.70. The van der Waals surface area contributed by atoms with Crippen molar-refractivity contribution in [3.05, 3.63) is 95.9 Å². The minimum Gasteiger partial charge on any atom is -0.368 e. The lowest BCUT2D eigenvalue weighted by Crippen LogP contribution is -2.46. The van der Waals surface area contributed by atoms with Crippen molar-refractivity contribution in [3.8, 4) is 11.1 Å². The Bertz CT molecular complexity index is 1460. The average molecular weight is 524 g/mol. The third-order valence-electron chi connectivity index (χ3n) is 7.19. The molecular formula is C31H33N5O3. The molecule has 1 amide bonds. The van der Waals surface area contributed by atoms with Gasteiger partial charge in [0, 0.05) is 62.6 Å². The Labute approximate surface area is 228 Å². The molecule has 4 aromatic rings. The summed E-state index contributed by atoms with van der Waals surface area (Å²) in [6, 6.07) is 21.2. The highest BCUT2D eigenvalue weighted by Gasteiger charge is 2.25. The SMILES string of the molecule is COCn1ccc(-c2ccccc2)c1C(=O)C(=O)Nc1ccc(N2CCN(c3cc(C)c(C)cn3)CC2)cc1. The minimum absolute atomic E-state index is 0.169. The quantitative estimate of drug-likeness (QED) is 0.261. The van der Waals surface area contributed by atoms with Gasteiger partial charge in [-0.2, -0.15) is 0 Å². The molecule has 0 unspecified atom stereocenters. The van der Waals surface area contributed by atoms with Crippen LogP contribution in [0.15, 0.2) is 79.1 Å². The maximum absolute atomic E-state index is 13.3. The number of nitrogens with zero attached hydrogens (tertiary/aromatic N) is 4. The van der Waals surface area contributed by atoms with E-state index in [-0.39, 0.29) is 6.73 Å². The Balaban J connectivity index is 1.24. The molecule has 0 saturated carbocycles. The number of methoxy groups -OCH3 is 1. The van der Waals surface area contributed by atoms with Crippen LogP contribution in [0.2, 0.25) is 0 Å². The van der Waals surface area contributed by atoms with E-state index in [0.717, 1.165) is 43.2 Å². The molecule has 2 aromatic heterocycles. The number of carbonyl (C=O) groups excluding carboxylic acids is 2. The molecule has 0 radical (unpaired) electrons. The maximum atomic E-state index is 13.3. The number of ether oxygens (including phenoxy) is 1. The van der Waals surface area contributed by atoms with Crippen molar-refractivity contribution in [3.63, 3.8) is 0 Å². The molecule has 1 N–H and O–H groups in total. The number of hydrogen-bond acceptors (Lipinski definition) is 6. The van der Waals surface area contributed by atoms with Crippen LogP contribution in [0.25, 0.3) is 11.1 Å². The van der Waals surface area contributed by atoms with E-state index >= 15 is 0 Å². The summed E-state index contributed by atoms with van der Waals surface area (Å²) < 4.78 is 6.90. The van der Waals surface area contributed by atoms with E-state index in [1.54, 1.807) is 17.9 Å². The number of pyridine rings is 1. The Morgan fingerprint density at radius 3 is 2.26 bits per heavy atom. The molecule has 5 rings (SSSR count). The molecule has 1 saturated heterocycles. The fourth-order valence-electron chi connectivity index (χ4n) is 4.85. The molecule has 3 heterocycles. The number of benzene rings is 2. The predicted molar refractivity (Wildman–Crippen MR) is 154 cm³/mol. The standard InChI is InChI=1S/C31H33N5O3/c1-22-19-28(32-20-23(22)2)35-17-15-34(16-18-35)26-11-9-25(10-12-26)33-31(38)30(37)29-27(13-14-36(29)21-39-3)24-7-5-4-6-8-24/h4-14,19-20H,15-18,21H2,1-3H3,(H,33,38). The van der Waals surface area contributed by atoms with Crippen LogP contribution >= 0.6 is 0 Å². The first-order valence-corrected chi connectivity index (χ1v) is 13.1. The summed E-state index contributed by atoms with van der Waals surface area (Å²) >= 11 is 0. The van der Waals surface area contributed by atoms with E-state index in [2.05, 4.69) is 40.0 Å². The van der Waals surface area contributed by atoms with Gasteiger partial charge in [0.2, 0.25) is 0 Å². The predicted octanol–water partition coefficient (Wildman–Crippen LogP) is 4.92. The highest BCUT2D eigenvalue weighted by atomic mass is 16.5. The molecule has 200 valence electrons. The highest BCUT2D eigenvalue weighted by Crippen LogP contribution is 2.27. The second-order valence-corrected chi connectivity index (χ2v) is 9.76. The maximum Gasteiger partial charge on any atom is 0.298 e. The molecule has 39 heavy (non-hydrogen) atoms. The average Bonchev–Trinajstić information content (AvgIpc) is 3.39. The monoisotopic (exact) mass is 523 g/mol. The first-order chi connectivity index (χ1) is 18.9. The van der Waals surface area contributed by atoms with Crippen LogP contribution in [0.4, 0.5) is 17.2 Å². The molecule has 0 aliphatic carbocycles. The van der Waals surface area contributed by atoms with E-state index in [4.69, 9.17) is 4.74 Å². The molecule has 1 fully saturated rings. The number of aryl methyl sites for hydroxylation is 2. The highest BCUT2D eigenvalue weighted by molar-refractivity contribution is 6.47. The fourth-order valence-corrected chi connectivity index (χ4v) is 4.85. The second-order valence-electron chi connectivity index (χ2n) is 9.76. The van der Waals surface area contributed by atoms with E-state index in [1.807, 2.05) is 66.9 Å². The summed E-state index contributed by atoms with van der Waals surface area (Å²) in [5.74, 6) is -0.283. The van der Waals surface area contributed by atoms with Gasteiger partial charge in [0.25, 0.3) is 11.7 Å². The summed E-state index contributed by atoms with van der Waals surface area (Å²) in [4.78, 5) is 35.5. The molecule has 0 bridgehead atoms. The van der Waals surface area contributed by atoms with Gasteiger partial charge in [-0.1, -0.05) is 30.3 Å². The van der Waals surface area contributed by atoms with Crippen molar-refractivity contribution < 1.29 is 14.3 Å². The first kappa shape index (κ1) is 26.2. The number of amides is 1. The van der Waals surface area contributed by atoms with Gasteiger partial charge in [-0.3, -0.25) is 9.59 Å². The number of ketones is 1. The van der Waals surface area contributed by atoms with Crippen molar-refractivity contribution in [2.75, 3.05) is 48.4 Å². The number of aromatic nitrogens is 2. The topological polar surface area (TPSA) is 79.7 Å². The van der Waals surface area contributed by atoms with Crippen molar-refractivity contribution in [2.24, 2.45) is 0 Å². The number of anilines is 3. The van der Waals surface area contributed by atoms with Gasteiger partial charge in [-0.05, 0) is 66.9 Å². The zero-order valence-electron chi connectivity index (χ0n) is 22.6. The molecule has 8 heteroatoms. The Kier molecular flexibility index (Phi) is 7.74. The van der Waals surface area contributed by atoms with Crippen LogP contribution in [0.5, 0.6) is 0 Å². The van der Waals surface area contributed by atoms with Crippen molar-refractivity contribution in [1.82, 2.24) is 9.55 Å². The number of piperazine rings is 1.